The van der Waals surface area contributed by atoms with Crippen LogP contribution in [0.5, 0.6) is 5.75 Å². The van der Waals surface area contributed by atoms with Gasteiger partial charge < -0.3 is 15.5 Å². The quantitative estimate of drug-likeness (QED) is 0.438. The van der Waals surface area contributed by atoms with E-state index >= 15 is 0 Å². The summed E-state index contributed by atoms with van der Waals surface area (Å²) in [5, 5.41) is 0. The van der Waals surface area contributed by atoms with Crippen LogP contribution in [-0.4, -0.2) is 25.6 Å². The highest BCUT2D eigenvalue weighted by atomic mass is 32.1. The molecule has 3 rings (SSSR count). The summed E-state index contributed by atoms with van der Waals surface area (Å²) >= 11 is 0.390. The highest BCUT2D eigenvalue weighted by molar-refractivity contribution is 7.67. The van der Waals surface area contributed by atoms with Crippen molar-refractivity contribution < 1.29 is 8.95 Å². The third kappa shape index (κ3) is 2.98. The number of nitrogens with zero attached hydrogens (tertiary/aromatic N) is 1. The van der Waals surface area contributed by atoms with Crippen LogP contribution in [0.25, 0.3) is 11.0 Å². The first-order valence-electron chi connectivity index (χ1n) is 7.28. The molecule has 1 aromatic heterocycles. The summed E-state index contributed by atoms with van der Waals surface area (Å²) in [6.45, 7) is 4.49. The van der Waals surface area contributed by atoms with Crippen LogP contribution < -0.4 is 10.5 Å². The lowest BCUT2D eigenvalue weighted by molar-refractivity contribution is 0.340. The van der Waals surface area contributed by atoms with Gasteiger partial charge in [-0.2, -0.15) is 0 Å². The Hall–Kier alpha value is -2.60. The summed E-state index contributed by atoms with van der Waals surface area (Å²) in [6, 6.07) is 11.2. The smallest absolute Gasteiger partial charge is 0.152 e. The number of hydrogen-bond acceptors (Lipinski definition) is 4. The van der Waals surface area contributed by atoms with Gasteiger partial charge in [-0.1, -0.05) is 11.6 Å². The second-order valence-corrected chi connectivity index (χ2v) is 5.78. The number of nitrogens with one attached hydrogen (secondary N) is 1. The molecule has 0 saturated heterocycles. The number of nitrogen functional groups attached to an aromatic ring is 1. The van der Waals surface area contributed by atoms with Gasteiger partial charge in [0.05, 0.1) is 17.6 Å². The number of benzene rings is 2. The summed E-state index contributed by atoms with van der Waals surface area (Å²) in [6.07, 6.45) is 0. The van der Waals surface area contributed by atoms with Gasteiger partial charge in [0.15, 0.2) is 5.82 Å². The summed E-state index contributed by atoms with van der Waals surface area (Å²) in [4.78, 5) is 8.18. The van der Waals surface area contributed by atoms with E-state index in [9.17, 15) is 4.21 Å². The average molecular weight is 327 g/mol. The Morgan fingerprint density at radius 1 is 1.30 bits per heavy atom. The number of ether oxygens (including phenoxy) is 1. The predicted octanol–water partition coefficient (Wildman–Crippen LogP) is 2.63. The molecular formula is C17H17N3O2S. The number of aromatic amines is 1. The van der Waals surface area contributed by atoms with Crippen LogP contribution >= 0.6 is 0 Å². The van der Waals surface area contributed by atoms with E-state index in [4.69, 9.17) is 10.5 Å². The average Bonchev–Trinajstić information content (AvgIpc) is 2.94. The van der Waals surface area contributed by atoms with Gasteiger partial charge in [-0.3, -0.25) is 0 Å². The van der Waals surface area contributed by atoms with E-state index in [1.54, 1.807) is 6.07 Å². The highest BCUT2D eigenvalue weighted by Gasteiger charge is 2.15. The van der Waals surface area contributed by atoms with Gasteiger partial charge in [-0.25, -0.2) is 9.19 Å². The maximum absolute atomic E-state index is 11.7. The van der Waals surface area contributed by atoms with E-state index in [-0.39, 0.29) is 0 Å². The van der Waals surface area contributed by atoms with E-state index in [0.29, 0.717) is 39.8 Å². The Morgan fingerprint density at radius 2 is 2.13 bits per heavy atom. The zero-order valence-corrected chi connectivity index (χ0v) is 13.7. The minimum Gasteiger partial charge on any atom is -0.494 e. The van der Waals surface area contributed by atoms with Crippen molar-refractivity contribution in [1.29, 1.82) is 0 Å². The van der Waals surface area contributed by atoms with Crippen LogP contribution in [0.2, 0.25) is 0 Å². The van der Waals surface area contributed by atoms with E-state index in [0.717, 1.165) is 22.3 Å². The molecule has 0 fully saturated rings. The third-order valence-corrected chi connectivity index (χ3v) is 4.10. The van der Waals surface area contributed by atoms with E-state index in [1.807, 2.05) is 44.2 Å². The number of hydrogen-bond donors (Lipinski definition) is 2. The number of nitrogens with two attached hydrogens (primary N) is 1. The molecule has 0 spiro atoms. The van der Waals surface area contributed by atoms with Gasteiger partial charge in [0.1, 0.15) is 21.9 Å². The second kappa shape index (κ2) is 6.26. The number of aryl methyl sites for hydroxylation is 1. The molecule has 0 amide bonds. The summed E-state index contributed by atoms with van der Waals surface area (Å²) in [5.74, 6) is 1.28. The second-order valence-electron chi connectivity index (χ2n) is 5.20. The van der Waals surface area contributed by atoms with Gasteiger partial charge in [0, 0.05) is 17.3 Å². The molecule has 118 valence electrons. The van der Waals surface area contributed by atoms with Crippen LogP contribution in [0.1, 0.15) is 23.9 Å². The molecular weight excluding hydrogens is 310 g/mol. The maximum Gasteiger partial charge on any atom is 0.152 e. The molecule has 0 atom stereocenters. The first-order chi connectivity index (χ1) is 11.1. The van der Waals surface area contributed by atoms with E-state index in [1.165, 1.54) is 0 Å². The fraction of sp³-hybridized carbons (Fsp3) is 0.176. The molecule has 6 heteroatoms. The molecule has 0 radical (unpaired) electrons. The van der Waals surface area contributed by atoms with Crippen molar-refractivity contribution in [3.05, 3.63) is 53.3 Å². The number of imidazole rings is 1. The molecule has 2 aromatic carbocycles. The number of aromatic nitrogens is 2. The Balaban J connectivity index is 2.10. The van der Waals surface area contributed by atoms with Crippen molar-refractivity contribution in [2.24, 2.45) is 0 Å². The molecule has 0 unspecified atom stereocenters. The lowest BCUT2D eigenvalue weighted by atomic mass is 10.1. The summed E-state index contributed by atoms with van der Waals surface area (Å²) in [5.41, 5.74) is 9.93. The van der Waals surface area contributed by atoms with Gasteiger partial charge in [-0.15, -0.1) is 0 Å². The molecule has 5 nitrogen and oxygen atoms in total. The van der Waals surface area contributed by atoms with Crippen molar-refractivity contribution in [1.82, 2.24) is 9.97 Å². The minimum atomic E-state index is 0.390. The van der Waals surface area contributed by atoms with Crippen LogP contribution in [-0.2, 0) is 11.3 Å². The van der Waals surface area contributed by atoms with Crippen LogP contribution in [0.15, 0.2) is 36.4 Å². The number of H-pyrrole nitrogens is 1. The predicted molar refractivity (Wildman–Crippen MR) is 94.2 cm³/mol. The van der Waals surface area contributed by atoms with Crippen LogP contribution in [0.3, 0.4) is 0 Å². The fourth-order valence-electron chi connectivity index (χ4n) is 2.43. The van der Waals surface area contributed by atoms with Crippen LogP contribution in [0.4, 0.5) is 5.69 Å². The van der Waals surface area contributed by atoms with Crippen molar-refractivity contribution in [3.63, 3.8) is 0 Å². The molecule has 0 bridgehead atoms. The lowest BCUT2D eigenvalue weighted by Crippen LogP contribution is -2.08. The minimum absolute atomic E-state index is 0.390. The number of rotatable bonds is 4. The Bertz CT molecular complexity index is 927. The van der Waals surface area contributed by atoms with E-state index < -0.39 is 0 Å². The molecule has 0 aliphatic rings. The Morgan fingerprint density at radius 3 is 2.87 bits per heavy atom. The third-order valence-electron chi connectivity index (χ3n) is 3.52. The molecule has 0 saturated carbocycles. The monoisotopic (exact) mass is 327 g/mol. The Labute approximate surface area is 137 Å². The molecule has 0 aliphatic heterocycles. The molecule has 1 heterocycles. The maximum atomic E-state index is 11.7. The zero-order chi connectivity index (χ0) is 16.4. The number of anilines is 1. The van der Waals surface area contributed by atoms with Crippen molar-refractivity contribution in [2.75, 3.05) is 12.3 Å². The van der Waals surface area contributed by atoms with Gasteiger partial charge in [-0.05, 0) is 38.1 Å². The largest absolute Gasteiger partial charge is 0.494 e. The lowest BCUT2D eigenvalue weighted by Gasteiger charge is -2.05. The first kappa shape index (κ1) is 15.3. The van der Waals surface area contributed by atoms with Crippen molar-refractivity contribution >= 4 is 32.8 Å². The number of fused-ring (bicyclic) bond motifs is 1. The van der Waals surface area contributed by atoms with Gasteiger partial charge in [0.25, 0.3) is 0 Å². The first-order valence-corrected chi connectivity index (χ1v) is 8.02. The summed E-state index contributed by atoms with van der Waals surface area (Å²) in [7, 11) is 0. The normalized spacial score (nSPS) is 10.7. The molecule has 3 N–H and O–H groups in total. The highest BCUT2D eigenvalue weighted by Crippen LogP contribution is 2.22. The van der Waals surface area contributed by atoms with Gasteiger partial charge in [0.2, 0.25) is 0 Å². The fourth-order valence-corrected chi connectivity index (χ4v) is 2.87. The SMILES string of the molecule is CCOc1ccc2nc(C(=S=O)c3cc(C)ccc3N)[nH]c2c1. The molecule has 3 aromatic rings. The summed E-state index contributed by atoms with van der Waals surface area (Å²) < 4.78 is 17.2. The zero-order valence-electron chi connectivity index (χ0n) is 12.9. The Kier molecular flexibility index (Phi) is 4.16. The van der Waals surface area contributed by atoms with Crippen molar-refractivity contribution in [2.45, 2.75) is 13.8 Å². The van der Waals surface area contributed by atoms with Crippen LogP contribution in [0, 0.1) is 6.92 Å². The van der Waals surface area contributed by atoms with Crippen molar-refractivity contribution in [3.8, 4) is 5.75 Å². The molecule has 23 heavy (non-hydrogen) atoms. The van der Waals surface area contributed by atoms with E-state index in [2.05, 4.69) is 9.97 Å². The standard InChI is InChI=1S/C17H17N3O2S/c1-3-22-11-5-7-14-15(9-11)20-17(19-14)16(23-21)12-8-10(2)4-6-13(12)18/h4-9H,3,18H2,1-2H3,(H,19,20). The van der Waals surface area contributed by atoms with Gasteiger partial charge >= 0.3 is 0 Å². The topological polar surface area (TPSA) is 81.0 Å². The molecule has 0 aliphatic carbocycles.